The lowest BCUT2D eigenvalue weighted by Crippen LogP contribution is -2.24. The molecule has 2 aromatic carbocycles. The third-order valence-corrected chi connectivity index (χ3v) is 10.5. The summed E-state index contributed by atoms with van der Waals surface area (Å²) in [4.78, 5) is 4.38. The fourth-order valence-electron chi connectivity index (χ4n) is 3.49. The average molecular weight is 484 g/mol. The van der Waals surface area contributed by atoms with E-state index in [1.807, 2.05) is 0 Å². The molecule has 0 saturated heterocycles. The summed E-state index contributed by atoms with van der Waals surface area (Å²) in [6.07, 6.45) is 4.64. The van der Waals surface area contributed by atoms with Gasteiger partial charge >= 0.3 is 0 Å². The SMILES string of the molecule is O=S(=O)(c1ccc(Cl)cc1)c1nc(-c2cccc(F)c2)sc1[S+]([O-])C1CCCCC1. The van der Waals surface area contributed by atoms with Crippen molar-refractivity contribution in [2.24, 2.45) is 0 Å². The van der Waals surface area contributed by atoms with Crippen molar-refractivity contribution in [1.29, 1.82) is 0 Å². The first-order valence-corrected chi connectivity index (χ1v) is 13.4. The van der Waals surface area contributed by atoms with Crippen molar-refractivity contribution in [3.8, 4) is 10.6 Å². The van der Waals surface area contributed by atoms with E-state index >= 15 is 0 Å². The molecule has 1 fully saturated rings. The quantitative estimate of drug-likeness (QED) is 0.425. The van der Waals surface area contributed by atoms with E-state index in [4.69, 9.17) is 11.6 Å². The molecule has 1 heterocycles. The number of hydrogen-bond acceptors (Lipinski definition) is 5. The predicted molar refractivity (Wildman–Crippen MR) is 118 cm³/mol. The Bertz CT molecular complexity index is 1140. The van der Waals surface area contributed by atoms with E-state index in [9.17, 15) is 17.4 Å². The van der Waals surface area contributed by atoms with Gasteiger partial charge in [0.15, 0.2) is 0 Å². The highest BCUT2D eigenvalue weighted by atomic mass is 35.5. The zero-order valence-electron chi connectivity index (χ0n) is 15.9. The third-order valence-electron chi connectivity index (χ3n) is 5.05. The second kappa shape index (κ2) is 8.96. The molecule has 0 amide bonds. The normalized spacial score (nSPS) is 16.5. The molecule has 30 heavy (non-hydrogen) atoms. The van der Waals surface area contributed by atoms with E-state index in [0.29, 0.717) is 15.6 Å². The van der Waals surface area contributed by atoms with E-state index < -0.39 is 26.8 Å². The molecule has 0 spiro atoms. The Labute approximate surface area is 187 Å². The van der Waals surface area contributed by atoms with Gasteiger partial charge in [0.05, 0.1) is 4.90 Å². The van der Waals surface area contributed by atoms with Crippen LogP contribution in [-0.2, 0) is 21.0 Å². The maximum absolute atomic E-state index is 13.7. The van der Waals surface area contributed by atoms with Crippen molar-refractivity contribution >= 4 is 44.0 Å². The van der Waals surface area contributed by atoms with Crippen molar-refractivity contribution < 1.29 is 17.4 Å². The van der Waals surface area contributed by atoms with E-state index in [-0.39, 0.29) is 19.4 Å². The third kappa shape index (κ3) is 4.43. The molecule has 158 valence electrons. The standard InChI is InChI=1S/C21H19ClFNO3S3/c22-15-9-11-18(12-10-15)30(26,27)20-21(29(25)17-7-2-1-3-8-17)28-19(24-20)14-5-4-6-16(23)13-14/h4-6,9-13,17H,1-3,7-8H2. The number of thiazole rings is 1. The van der Waals surface area contributed by atoms with E-state index in [1.165, 1.54) is 42.5 Å². The summed E-state index contributed by atoms with van der Waals surface area (Å²) >= 11 is 5.45. The van der Waals surface area contributed by atoms with Gasteiger partial charge in [-0.25, -0.2) is 17.8 Å². The highest BCUT2D eigenvalue weighted by Crippen LogP contribution is 2.40. The topological polar surface area (TPSA) is 70.1 Å². The lowest BCUT2D eigenvalue weighted by molar-refractivity contribution is 0.483. The lowest BCUT2D eigenvalue weighted by atomic mass is 10.0. The van der Waals surface area contributed by atoms with E-state index in [0.717, 1.165) is 43.4 Å². The van der Waals surface area contributed by atoms with E-state index in [2.05, 4.69) is 4.98 Å². The van der Waals surface area contributed by atoms with Crippen molar-refractivity contribution in [2.45, 2.75) is 51.5 Å². The van der Waals surface area contributed by atoms with Crippen molar-refractivity contribution in [2.75, 3.05) is 0 Å². The van der Waals surface area contributed by atoms with Crippen LogP contribution in [-0.4, -0.2) is 23.2 Å². The molecule has 1 aliphatic rings. The molecule has 0 N–H and O–H groups in total. The van der Waals surface area contributed by atoms with Crippen LogP contribution in [0.2, 0.25) is 5.02 Å². The first-order valence-electron chi connectivity index (χ1n) is 9.54. The maximum Gasteiger partial charge on any atom is 0.246 e. The largest absolute Gasteiger partial charge is 0.611 e. The summed E-state index contributed by atoms with van der Waals surface area (Å²) in [5.41, 5.74) is 0.458. The molecule has 0 aliphatic heterocycles. The zero-order valence-corrected chi connectivity index (χ0v) is 19.1. The van der Waals surface area contributed by atoms with Gasteiger partial charge in [0.25, 0.3) is 0 Å². The van der Waals surface area contributed by atoms with Gasteiger partial charge in [-0.3, -0.25) is 0 Å². The number of benzene rings is 2. The molecule has 3 aromatic rings. The Kier molecular flexibility index (Phi) is 6.50. The van der Waals surface area contributed by atoms with Gasteiger partial charge in [0.1, 0.15) is 16.1 Å². The summed E-state index contributed by atoms with van der Waals surface area (Å²) < 4.78 is 54.1. The molecular weight excluding hydrogens is 465 g/mol. The van der Waals surface area contributed by atoms with Crippen LogP contribution in [0.25, 0.3) is 10.6 Å². The van der Waals surface area contributed by atoms with Gasteiger partial charge in [-0.2, -0.15) is 0 Å². The molecule has 1 atom stereocenters. The predicted octanol–water partition coefficient (Wildman–Crippen LogP) is 5.88. The fourth-order valence-corrected chi connectivity index (χ4v) is 8.80. The highest BCUT2D eigenvalue weighted by Gasteiger charge is 2.37. The smallest absolute Gasteiger partial charge is 0.246 e. The van der Waals surface area contributed by atoms with Crippen LogP contribution in [0.1, 0.15) is 32.1 Å². The van der Waals surface area contributed by atoms with Crippen molar-refractivity contribution in [1.82, 2.24) is 4.98 Å². The summed E-state index contributed by atoms with van der Waals surface area (Å²) in [6, 6.07) is 11.6. The van der Waals surface area contributed by atoms with Gasteiger partial charge in [0.2, 0.25) is 19.1 Å². The van der Waals surface area contributed by atoms with Crippen LogP contribution in [0.15, 0.2) is 62.7 Å². The molecule has 0 bridgehead atoms. The number of hydrogen-bond donors (Lipinski definition) is 0. The molecule has 4 nitrogen and oxygen atoms in total. The Morgan fingerprint density at radius 1 is 1.10 bits per heavy atom. The minimum atomic E-state index is -4.01. The van der Waals surface area contributed by atoms with Gasteiger partial charge < -0.3 is 4.55 Å². The summed E-state index contributed by atoms with van der Waals surface area (Å²) in [5, 5.41) is 0.441. The van der Waals surface area contributed by atoms with Gasteiger partial charge in [0, 0.05) is 21.8 Å². The number of sulfone groups is 1. The van der Waals surface area contributed by atoms with Gasteiger partial charge in [-0.15, -0.1) is 0 Å². The molecule has 1 aromatic heterocycles. The first kappa shape index (κ1) is 21.8. The maximum atomic E-state index is 13.7. The van der Waals surface area contributed by atoms with Crippen molar-refractivity contribution in [3.63, 3.8) is 0 Å². The number of halogens is 2. The van der Waals surface area contributed by atoms with Crippen LogP contribution in [0.3, 0.4) is 0 Å². The molecule has 0 radical (unpaired) electrons. The molecule has 4 rings (SSSR count). The lowest BCUT2D eigenvalue weighted by Gasteiger charge is -2.23. The van der Waals surface area contributed by atoms with Gasteiger partial charge in [-0.05, 0) is 62.1 Å². The average Bonchev–Trinajstić information content (AvgIpc) is 3.21. The molecule has 9 heteroatoms. The second-order valence-electron chi connectivity index (χ2n) is 7.14. The van der Waals surface area contributed by atoms with Crippen LogP contribution in [0.4, 0.5) is 4.39 Å². The van der Waals surface area contributed by atoms with E-state index in [1.54, 1.807) is 6.07 Å². The van der Waals surface area contributed by atoms with Crippen LogP contribution in [0.5, 0.6) is 0 Å². The highest BCUT2D eigenvalue weighted by molar-refractivity contribution is 7.96. The number of aromatic nitrogens is 1. The number of rotatable bonds is 5. The molecule has 1 aliphatic carbocycles. The molecule has 1 unspecified atom stereocenters. The molecule has 1 saturated carbocycles. The zero-order chi connectivity index (χ0) is 21.3. The minimum absolute atomic E-state index is 0.0323. The summed E-state index contributed by atoms with van der Waals surface area (Å²) in [5.74, 6) is -0.445. The Hall–Kier alpha value is -1.45. The first-order chi connectivity index (χ1) is 14.4. The van der Waals surface area contributed by atoms with Gasteiger partial charge in [-0.1, -0.05) is 41.5 Å². The Morgan fingerprint density at radius 3 is 2.47 bits per heavy atom. The minimum Gasteiger partial charge on any atom is -0.611 e. The summed E-state index contributed by atoms with van der Waals surface area (Å²) in [6.45, 7) is 0. The Morgan fingerprint density at radius 2 is 1.80 bits per heavy atom. The van der Waals surface area contributed by atoms with Crippen LogP contribution >= 0.6 is 22.9 Å². The number of nitrogens with zero attached hydrogens (tertiary/aromatic N) is 1. The Balaban J connectivity index is 1.83. The second-order valence-corrected chi connectivity index (χ2v) is 12.4. The van der Waals surface area contributed by atoms with Crippen molar-refractivity contribution in [3.05, 3.63) is 59.4 Å². The summed E-state index contributed by atoms with van der Waals surface area (Å²) in [7, 11) is -4.01. The molecular formula is C21H19ClFNO3S3. The fraction of sp³-hybridized carbons (Fsp3) is 0.286. The van der Waals surface area contributed by atoms with Crippen LogP contribution in [0, 0.1) is 5.82 Å². The monoisotopic (exact) mass is 483 g/mol. The van der Waals surface area contributed by atoms with Crippen LogP contribution < -0.4 is 0 Å².